The number of benzene rings is 1. The van der Waals surface area contributed by atoms with Crippen LogP contribution in [0.2, 0.25) is 0 Å². The molecule has 0 spiro atoms. The number of Topliss-reactive ketones (excluding diaryl/α,β-unsaturated/α-hetero) is 1. The Hall–Kier alpha value is -2.43. The molecule has 5 nitrogen and oxygen atoms in total. The van der Waals surface area contributed by atoms with Crippen molar-refractivity contribution in [3.05, 3.63) is 48.0 Å². The van der Waals surface area contributed by atoms with E-state index in [4.69, 9.17) is 0 Å². The molecule has 0 aromatic heterocycles. The Morgan fingerprint density at radius 2 is 1.70 bits per heavy atom. The molecule has 20 heavy (non-hydrogen) atoms. The summed E-state index contributed by atoms with van der Waals surface area (Å²) in [6, 6.07) is 8.49. The van der Waals surface area contributed by atoms with Crippen LogP contribution in [0.4, 0.5) is 0 Å². The molecule has 1 atom stereocenters. The van der Waals surface area contributed by atoms with E-state index in [2.05, 4.69) is 16.1 Å². The molecule has 0 N–H and O–H groups in total. The summed E-state index contributed by atoms with van der Waals surface area (Å²) in [5, 5.41) is 0. The van der Waals surface area contributed by atoms with Crippen molar-refractivity contribution in [2.75, 3.05) is 14.2 Å². The lowest BCUT2D eigenvalue weighted by atomic mass is 9.92. The fraction of sp³-hybridized carbons (Fsp3) is 0.267. The van der Waals surface area contributed by atoms with Crippen LogP contribution in [0.3, 0.4) is 0 Å². The molecule has 0 aliphatic rings. The normalized spacial score (nSPS) is 11.3. The molecule has 0 heterocycles. The van der Waals surface area contributed by atoms with Gasteiger partial charge in [-0.3, -0.25) is 9.59 Å². The first-order valence-corrected chi connectivity index (χ1v) is 5.94. The van der Waals surface area contributed by atoms with Crippen LogP contribution in [0.5, 0.6) is 0 Å². The summed E-state index contributed by atoms with van der Waals surface area (Å²) in [4.78, 5) is 35.2. The van der Waals surface area contributed by atoms with E-state index in [1.807, 2.05) is 0 Å². The van der Waals surface area contributed by atoms with Crippen molar-refractivity contribution in [3.8, 4) is 0 Å². The van der Waals surface area contributed by atoms with Gasteiger partial charge in [-0.15, -0.1) is 0 Å². The van der Waals surface area contributed by atoms with Crippen molar-refractivity contribution in [2.45, 2.75) is 6.42 Å². The molecular weight excluding hydrogens is 260 g/mol. The lowest BCUT2D eigenvalue weighted by Crippen LogP contribution is -2.25. The summed E-state index contributed by atoms with van der Waals surface area (Å²) in [7, 11) is 2.37. The topological polar surface area (TPSA) is 69.7 Å². The van der Waals surface area contributed by atoms with Gasteiger partial charge in [0.25, 0.3) is 0 Å². The molecule has 0 saturated heterocycles. The number of rotatable bonds is 6. The molecule has 106 valence electrons. The Balaban J connectivity index is 2.91. The van der Waals surface area contributed by atoms with Crippen LogP contribution in [-0.2, 0) is 19.1 Å². The van der Waals surface area contributed by atoms with Crippen molar-refractivity contribution in [3.63, 3.8) is 0 Å². The molecule has 0 fully saturated rings. The summed E-state index contributed by atoms with van der Waals surface area (Å²) in [5.74, 6) is -2.74. The highest BCUT2D eigenvalue weighted by Gasteiger charge is 2.30. The number of ether oxygens (including phenoxy) is 2. The predicted octanol–water partition coefficient (Wildman–Crippen LogP) is 1.78. The zero-order chi connectivity index (χ0) is 15.1. The van der Waals surface area contributed by atoms with E-state index in [-0.39, 0.29) is 17.8 Å². The molecule has 1 aromatic carbocycles. The van der Waals surface area contributed by atoms with Gasteiger partial charge >= 0.3 is 11.9 Å². The van der Waals surface area contributed by atoms with Crippen molar-refractivity contribution in [1.82, 2.24) is 0 Å². The number of esters is 2. The number of carbonyl (C=O) groups excluding carboxylic acids is 3. The van der Waals surface area contributed by atoms with Gasteiger partial charge in [0.2, 0.25) is 0 Å². The van der Waals surface area contributed by atoms with Crippen LogP contribution in [0, 0.1) is 5.92 Å². The zero-order valence-corrected chi connectivity index (χ0v) is 11.4. The van der Waals surface area contributed by atoms with Gasteiger partial charge in [-0.05, 0) is 0 Å². The van der Waals surface area contributed by atoms with E-state index >= 15 is 0 Å². The van der Waals surface area contributed by atoms with Crippen molar-refractivity contribution in [2.24, 2.45) is 5.92 Å². The van der Waals surface area contributed by atoms with E-state index in [0.29, 0.717) is 5.56 Å². The van der Waals surface area contributed by atoms with Crippen molar-refractivity contribution in [1.29, 1.82) is 0 Å². The largest absolute Gasteiger partial charge is 0.469 e. The lowest BCUT2D eigenvalue weighted by Gasteiger charge is -2.15. The number of carbonyl (C=O) groups is 3. The van der Waals surface area contributed by atoms with E-state index in [1.165, 1.54) is 14.2 Å². The average Bonchev–Trinajstić information content (AvgIpc) is 2.50. The van der Waals surface area contributed by atoms with Crippen LogP contribution < -0.4 is 0 Å². The Morgan fingerprint density at radius 3 is 2.20 bits per heavy atom. The monoisotopic (exact) mass is 276 g/mol. The van der Waals surface area contributed by atoms with Crippen LogP contribution >= 0.6 is 0 Å². The third kappa shape index (κ3) is 3.78. The average molecular weight is 276 g/mol. The first-order chi connectivity index (χ1) is 9.51. The molecule has 0 amide bonds. The molecule has 0 bridgehead atoms. The van der Waals surface area contributed by atoms with E-state index in [0.717, 1.165) is 0 Å². The summed E-state index contributed by atoms with van der Waals surface area (Å²) >= 11 is 0. The number of hydrogen-bond donors (Lipinski definition) is 0. The summed E-state index contributed by atoms with van der Waals surface area (Å²) in [6.45, 7) is 3.51. The third-order valence-corrected chi connectivity index (χ3v) is 2.84. The maximum Gasteiger partial charge on any atom is 0.334 e. The molecule has 1 rings (SSSR count). The standard InChI is InChI=1S/C15H16O5/c1-10(14(17)19-2)12(15(18)20-3)9-13(16)11-7-5-4-6-8-11/h4-8,12H,1,9H2,2-3H3. The molecule has 1 unspecified atom stereocenters. The highest BCUT2D eigenvalue weighted by molar-refractivity contribution is 6.02. The van der Waals surface area contributed by atoms with Crippen molar-refractivity contribution >= 4 is 17.7 Å². The number of methoxy groups -OCH3 is 2. The first-order valence-electron chi connectivity index (χ1n) is 5.94. The van der Waals surface area contributed by atoms with Gasteiger partial charge in [0.1, 0.15) is 0 Å². The van der Waals surface area contributed by atoms with Gasteiger partial charge in [0.15, 0.2) is 5.78 Å². The van der Waals surface area contributed by atoms with Crippen LogP contribution in [0.1, 0.15) is 16.8 Å². The fourth-order valence-corrected chi connectivity index (χ4v) is 1.69. The van der Waals surface area contributed by atoms with Gasteiger partial charge in [0.05, 0.1) is 20.1 Å². The van der Waals surface area contributed by atoms with E-state index < -0.39 is 17.9 Å². The summed E-state index contributed by atoms with van der Waals surface area (Å²) in [5.41, 5.74) is 0.364. The lowest BCUT2D eigenvalue weighted by molar-refractivity contribution is -0.147. The van der Waals surface area contributed by atoms with Gasteiger partial charge in [-0.1, -0.05) is 36.9 Å². The Morgan fingerprint density at radius 1 is 1.10 bits per heavy atom. The maximum atomic E-state index is 12.1. The number of hydrogen-bond acceptors (Lipinski definition) is 5. The molecule has 0 aliphatic carbocycles. The van der Waals surface area contributed by atoms with E-state index in [1.54, 1.807) is 30.3 Å². The molecule has 0 aliphatic heterocycles. The highest BCUT2D eigenvalue weighted by Crippen LogP contribution is 2.19. The van der Waals surface area contributed by atoms with Gasteiger partial charge in [0, 0.05) is 17.6 Å². The highest BCUT2D eigenvalue weighted by atomic mass is 16.5. The predicted molar refractivity (Wildman–Crippen MR) is 72.1 cm³/mol. The van der Waals surface area contributed by atoms with Crippen LogP contribution in [-0.4, -0.2) is 31.9 Å². The molecule has 1 aromatic rings. The molecule has 0 radical (unpaired) electrons. The fourth-order valence-electron chi connectivity index (χ4n) is 1.69. The van der Waals surface area contributed by atoms with E-state index in [9.17, 15) is 14.4 Å². The molecule has 0 saturated carbocycles. The van der Waals surface area contributed by atoms with Crippen LogP contribution in [0.25, 0.3) is 0 Å². The van der Waals surface area contributed by atoms with Crippen LogP contribution in [0.15, 0.2) is 42.5 Å². The second-order valence-electron chi connectivity index (χ2n) is 4.09. The number of ketones is 1. The Bertz CT molecular complexity index is 518. The minimum atomic E-state index is -1.04. The Labute approximate surface area is 117 Å². The third-order valence-electron chi connectivity index (χ3n) is 2.84. The van der Waals surface area contributed by atoms with Gasteiger partial charge in [-0.25, -0.2) is 4.79 Å². The molecule has 5 heteroatoms. The Kier molecular flexibility index (Phi) is 5.65. The maximum absolute atomic E-state index is 12.1. The summed E-state index contributed by atoms with van der Waals surface area (Å²) < 4.78 is 9.12. The SMILES string of the molecule is C=C(C(=O)OC)C(CC(=O)c1ccccc1)C(=O)OC. The van der Waals surface area contributed by atoms with Crippen molar-refractivity contribution < 1.29 is 23.9 Å². The minimum Gasteiger partial charge on any atom is -0.469 e. The second-order valence-corrected chi connectivity index (χ2v) is 4.09. The van der Waals surface area contributed by atoms with Gasteiger partial charge < -0.3 is 9.47 Å². The van der Waals surface area contributed by atoms with Gasteiger partial charge in [-0.2, -0.15) is 0 Å². The second kappa shape index (κ2) is 7.23. The molecular formula is C15H16O5. The zero-order valence-electron chi connectivity index (χ0n) is 11.4. The minimum absolute atomic E-state index is 0.0939. The first kappa shape index (κ1) is 15.6. The quantitative estimate of drug-likeness (QED) is 0.450. The smallest absolute Gasteiger partial charge is 0.334 e. The summed E-state index contributed by atoms with van der Waals surface area (Å²) in [6.07, 6.45) is -0.190.